The Morgan fingerprint density at radius 1 is 1.45 bits per heavy atom. The van der Waals surface area contributed by atoms with Crippen LogP contribution in [0, 0.1) is 5.41 Å². The number of carbonyl (C=O) groups is 2. The van der Waals surface area contributed by atoms with E-state index in [0.717, 1.165) is 17.3 Å². The number of amides is 1. The fourth-order valence-corrected chi connectivity index (χ4v) is 2.57. The summed E-state index contributed by atoms with van der Waals surface area (Å²) in [6, 6.07) is 1.17. The molecule has 110 valence electrons. The average molecular weight is 343 g/mol. The Labute approximate surface area is 126 Å². The second kappa shape index (κ2) is 5.24. The lowest BCUT2D eigenvalue weighted by molar-refractivity contribution is -0.142. The summed E-state index contributed by atoms with van der Waals surface area (Å²) in [7, 11) is 0. The van der Waals surface area contributed by atoms with E-state index in [1.807, 2.05) is 10.8 Å². The van der Waals surface area contributed by atoms with Crippen molar-refractivity contribution in [2.24, 2.45) is 5.41 Å². The van der Waals surface area contributed by atoms with Gasteiger partial charge < -0.3 is 15.0 Å². The Hall–Kier alpha value is -1.30. The number of hydrogen-bond acceptors (Lipinski definition) is 2. The molecule has 1 atom stereocenters. The Morgan fingerprint density at radius 3 is 2.50 bits per heavy atom. The number of nitrogens with zero attached hydrogens (tertiary/aromatic N) is 1. The predicted molar refractivity (Wildman–Crippen MR) is 78.7 cm³/mol. The first-order valence-electron chi connectivity index (χ1n) is 6.61. The second-order valence-corrected chi connectivity index (χ2v) is 7.21. The molecule has 1 fully saturated rings. The normalized spacial score (nSPS) is 16.8. The molecule has 20 heavy (non-hydrogen) atoms. The minimum absolute atomic E-state index is 0.343. The van der Waals surface area contributed by atoms with E-state index < -0.39 is 17.4 Å². The maximum atomic E-state index is 12.4. The van der Waals surface area contributed by atoms with E-state index in [9.17, 15) is 14.7 Å². The maximum absolute atomic E-state index is 12.4. The molecular weight excluding hydrogens is 324 g/mol. The van der Waals surface area contributed by atoms with Crippen LogP contribution < -0.4 is 5.32 Å². The number of aliphatic carboxylic acids is 1. The Bertz CT molecular complexity index is 541. The van der Waals surface area contributed by atoms with E-state index in [0.29, 0.717) is 11.7 Å². The van der Waals surface area contributed by atoms with Crippen molar-refractivity contribution < 1.29 is 14.7 Å². The van der Waals surface area contributed by atoms with Crippen molar-refractivity contribution in [3.8, 4) is 0 Å². The predicted octanol–water partition coefficient (Wildman–Crippen LogP) is 2.81. The molecule has 1 amide bonds. The highest BCUT2D eigenvalue weighted by atomic mass is 79.9. The zero-order valence-electron chi connectivity index (χ0n) is 11.8. The van der Waals surface area contributed by atoms with E-state index >= 15 is 0 Å². The molecule has 5 nitrogen and oxygen atoms in total. The number of halogens is 1. The molecule has 2 rings (SSSR count). The van der Waals surface area contributed by atoms with Crippen LogP contribution in [0.5, 0.6) is 0 Å². The number of carboxylic acid groups (broad SMARTS) is 1. The lowest BCUT2D eigenvalue weighted by Crippen LogP contribution is -2.49. The van der Waals surface area contributed by atoms with Gasteiger partial charge in [0.2, 0.25) is 0 Å². The highest BCUT2D eigenvalue weighted by Crippen LogP contribution is 2.37. The highest BCUT2D eigenvalue weighted by Gasteiger charge is 2.34. The van der Waals surface area contributed by atoms with Crippen molar-refractivity contribution in [3.63, 3.8) is 0 Å². The minimum Gasteiger partial charge on any atom is -0.480 e. The third-order valence-electron chi connectivity index (χ3n) is 3.38. The number of nitrogens with one attached hydrogen (secondary N) is 1. The highest BCUT2D eigenvalue weighted by molar-refractivity contribution is 9.10. The van der Waals surface area contributed by atoms with Gasteiger partial charge in [0.15, 0.2) is 0 Å². The molecule has 0 spiro atoms. The fraction of sp³-hybridized carbons (Fsp3) is 0.571. The maximum Gasteiger partial charge on any atom is 0.326 e. The van der Waals surface area contributed by atoms with Gasteiger partial charge >= 0.3 is 5.97 Å². The zero-order chi connectivity index (χ0) is 15.1. The third kappa shape index (κ3) is 3.23. The summed E-state index contributed by atoms with van der Waals surface area (Å²) >= 11 is 3.36. The zero-order valence-corrected chi connectivity index (χ0v) is 13.4. The molecule has 0 unspecified atom stereocenters. The summed E-state index contributed by atoms with van der Waals surface area (Å²) in [6.45, 7) is 5.38. The Morgan fingerprint density at radius 2 is 2.05 bits per heavy atom. The molecule has 0 radical (unpaired) electrons. The first-order chi connectivity index (χ1) is 9.20. The molecule has 1 aromatic rings. The topological polar surface area (TPSA) is 71.3 Å². The summed E-state index contributed by atoms with van der Waals surface area (Å²) in [5.41, 5.74) is -0.0368. The van der Waals surface area contributed by atoms with Gasteiger partial charge in [0.05, 0.1) is 0 Å². The molecule has 1 heterocycles. The smallest absolute Gasteiger partial charge is 0.326 e. The molecule has 1 aliphatic carbocycles. The average Bonchev–Trinajstić information content (AvgIpc) is 3.07. The summed E-state index contributed by atoms with van der Waals surface area (Å²) in [4.78, 5) is 23.7. The van der Waals surface area contributed by atoms with Crippen LogP contribution in [0.1, 0.15) is 50.1 Å². The molecule has 1 saturated carbocycles. The minimum atomic E-state index is -1.02. The van der Waals surface area contributed by atoms with Gasteiger partial charge in [-0.1, -0.05) is 20.8 Å². The monoisotopic (exact) mass is 342 g/mol. The van der Waals surface area contributed by atoms with Crippen LogP contribution >= 0.6 is 15.9 Å². The molecule has 0 aromatic carbocycles. The lowest BCUT2D eigenvalue weighted by atomic mass is 9.86. The summed E-state index contributed by atoms with van der Waals surface area (Å²) < 4.78 is 2.75. The van der Waals surface area contributed by atoms with Crippen LogP contribution in [-0.2, 0) is 4.79 Å². The number of carbonyl (C=O) groups excluding carboxylic acids is 1. The quantitative estimate of drug-likeness (QED) is 0.883. The van der Waals surface area contributed by atoms with Crippen LogP contribution in [0.15, 0.2) is 16.7 Å². The van der Waals surface area contributed by atoms with Crippen molar-refractivity contribution in [2.75, 3.05) is 0 Å². The van der Waals surface area contributed by atoms with Gasteiger partial charge in [-0.3, -0.25) is 4.79 Å². The van der Waals surface area contributed by atoms with Crippen molar-refractivity contribution in [2.45, 2.75) is 45.7 Å². The molecule has 1 aromatic heterocycles. The SMILES string of the molecule is CC(C)(C)[C@H](NC(=O)c1cc(Br)cn1C1CC1)C(=O)O. The van der Waals surface area contributed by atoms with Gasteiger partial charge in [-0.25, -0.2) is 4.79 Å². The van der Waals surface area contributed by atoms with Gasteiger partial charge in [-0.2, -0.15) is 0 Å². The van der Waals surface area contributed by atoms with Gasteiger partial charge in [0.1, 0.15) is 11.7 Å². The molecule has 6 heteroatoms. The first kappa shape index (κ1) is 15.1. The summed E-state index contributed by atoms with van der Waals surface area (Å²) in [6.07, 6.45) is 3.99. The van der Waals surface area contributed by atoms with Crippen LogP contribution in [0.3, 0.4) is 0 Å². The van der Waals surface area contributed by atoms with Crippen LogP contribution in [0.4, 0.5) is 0 Å². The standard InChI is InChI=1S/C14H19BrN2O3/c1-14(2,3)11(13(19)20)16-12(18)10-6-8(15)7-17(10)9-4-5-9/h6-7,9,11H,4-5H2,1-3H3,(H,16,18)(H,19,20)/t11-/m1/s1. The first-order valence-corrected chi connectivity index (χ1v) is 7.40. The Kier molecular flexibility index (Phi) is 3.95. The Balaban J connectivity index is 2.21. The van der Waals surface area contributed by atoms with Crippen molar-refractivity contribution in [1.29, 1.82) is 0 Å². The number of aromatic nitrogens is 1. The second-order valence-electron chi connectivity index (χ2n) is 6.29. The lowest BCUT2D eigenvalue weighted by Gasteiger charge is -2.27. The van der Waals surface area contributed by atoms with Crippen molar-refractivity contribution in [1.82, 2.24) is 9.88 Å². The molecule has 0 saturated heterocycles. The van der Waals surface area contributed by atoms with E-state index in [1.54, 1.807) is 26.8 Å². The molecule has 2 N–H and O–H groups in total. The van der Waals surface area contributed by atoms with Gasteiger partial charge in [0.25, 0.3) is 5.91 Å². The fourth-order valence-electron chi connectivity index (χ4n) is 2.14. The van der Waals surface area contributed by atoms with Gasteiger partial charge in [0, 0.05) is 16.7 Å². The number of carboxylic acids is 1. The molecular formula is C14H19BrN2O3. The number of rotatable bonds is 4. The van der Waals surface area contributed by atoms with Crippen LogP contribution in [-0.4, -0.2) is 27.6 Å². The third-order valence-corrected chi connectivity index (χ3v) is 3.81. The van der Waals surface area contributed by atoms with Crippen LogP contribution in [0.2, 0.25) is 0 Å². The van der Waals surface area contributed by atoms with Gasteiger partial charge in [-0.05, 0) is 40.3 Å². The molecule has 1 aliphatic rings. The molecule has 0 aliphatic heterocycles. The number of hydrogen-bond donors (Lipinski definition) is 2. The van der Waals surface area contributed by atoms with E-state index in [2.05, 4.69) is 21.2 Å². The molecule has 0 bridgehead atoms. The van der Waals surface area contributed by atoms with E-state index in [4.69, 9.17) is 0 Å². The van der Waals surface area contributed by atoms with Gasteiger partial charge in [-0.15, -0.1) is 0 Å². The van der Waals surface area contributed by atoms with E-state index in [-0.39, 0.29) is 5.91 Å². The van der Waals surface area contributed by atoms with Crippen molar-refractivity contribution in [3.05, 3.63) is 22.4 Å². The summed E-state index contributed by atoms with van der Waals surface area (Å²) in [5, 5.41) is 11.9. The largest absolute Gasteiger partial charge is 0.480 e. The van der Waals surface area contributed by atoms with E-state index in [1.165, 1.54) is 0 Å². The van der Waals surface area contributed by atoms with Crippen LogP contribution in [0.25, 0.3) is 0 Å². The summed E-state index contributed by atoms with van der Waals surface area (Å²) in [5.74, 6) is -1.36. The van der Waals surface area contributed by atoms with Crippen molar-refractivity contribution >= 4 is 27.8 Å².